The minimum absolute atomic E-state index is 0.0608. The van der Waals surface area contributed by atoms with Crippen LogP contribution in [0, 0.1) is 13.8 Å². The van der Waals surface area contributed by atoms with E-state index in [1.165, 1.54) is 4.90 Å². The highest BCUT2D eigenvalue weighted by Gasteiger charge is 2.33. The van der Waals surface area contributed by atoms with Crippen molar-refractivity contribution >= 4 is 11.8 Å². The monoisotopic (exact) mass is 294 g/mol. The van der Waals surface area contributed by atoms with Crippen LogP contribution in [0.3, 0.4) is 0 Å². The van der Waals surface area contributed by atoms with E-state index in [1.807, 2.05) is 6.92 Å². The third kappa shape index (κ3) is 3.24. The fraction of sp³-hybridized carbons (Fsp3) is 0.643. The van der Waals surface area contributed by atoms with E-state index in [0.717, 1.165) is 11.3 Å². The van der Waals surface area contributed by atoms with Gasteiger partial charge < -0.3 is 19.6 Å². The molecular formula is C14H22N4O3. The zero-order valence-corrected chi connectivity index (χ0v) is 13.0. The number of rotatable bonds is 3. The van der Waals surface area contributed by atoms with Gasteiger partial charge in [0.25, 0.3) is 0 Å². The van der Waals surface area contributed by atoms with Gasteiger partial charge in [-0.1, -0.05) is 5.16 Å². The lowest BCUT2D eigenvalue weighted by Crippen LogP contribution is -2.59. The van der Waals surface area contributed by atoms with Gasteiger partial charge in [-0.15, -0.1) is 0 Å². The van der Waals surface area contributed by atoms with Crippen LogP contribution < -0.4 is 5.32 Å². The minimum Gasteiger partial charge on any atom is -0.361 e. The first kappa shape index (κ1) is 15.5. The normalized spacial score (nSPS) is 18.7. The Morgan fingerprint density at radius 3 is 2.71 bits per heavy atom. The number of likely N-dealkylation sites (N-methyl/N-ethyl adjacent to an activating group) is 1. The molecule has 1 atom stereocenters. The summed E-state index contributed by atoms with van der Waals surface area (Å²) in [5.74, 6) is 0.534. The number of hydrogen-bond acceptors (Lipinski definition) is 5. The SMILES string of the molecule is Cc1noc(C)c1CC(=O)N1CCNCC1C(=O)N(C)C. The predicted octanol–water partition coefficient (Wildman–Crippen LogP) is -0.277. The van der Waals surface area contributed by atoms with Crippen molar-refractivity contribution in [2.75, 3.05) is 33.7 Å². The van der Waals surface area contributed by atoms with Gasteiger partial charge in [-0.25, -0.2) is 0 Å². The van der Waals surface area contributed by atoms with Crippen LogP contribution in [0.5, 0.6) is 0 Å². The molecule has 0 radical (unpaired) electrons. The fourth-order valence-corrected chi connectivity index (χ4v) is 2.53. The number of nitrogens with zero attached hydrogens (tertiary/aromatic N) is 3. The molecule has 0 spiro atoms. The third-order valence-corrected chi connectivity index (χ3v) is 3.80. The topological polar surface area (TPSA) is 78.7 Å². The molecule has 0 bridgehead atoms. The van der Waals surface area contributed by atoms with Gasteiger partial charge >= 0.3 is 0 Å². The zero-order valence-electron chi connectivity index (χ0n) is 13.0. The van der Waals surface area contributed by atoms with Crippen LogP contribution in [0.15, 0.2) is 4.52 Å². The molecule has 116 valence electrons. The van der Waals surface area contributed by atoms with Crippen LogP contribution in [0.2, 0.25) is 0 Å². The average molecular weight is 294 g/mol. The summed E-state index contributed by atoms with van der Waals surface area (Å²) < 4.78 is 5.09. The molecule has 1 saturated heterocycles. The van der Waals surface area contributed by atoms with E-state index in [2.05, 4.69) is 10.5 Å². The van der Waals surface area contributed by atoms with E-state index in [9.17, 15) is 9.59 Å². The maximum absolute atomic E-state index is 12.6. The molecule has 7 heteroatoms. The summed E-state index contributed by atoms with van der Waals surface area (Å²) in [6, 6.07) is -0.443. The lowest BCUT2D eigenvalue weighted by Gasteiger charge is -2.36. The molecule has 1 unspecified atom stereocenters. The first-order chi connectivity index (χ1) is 9.91. The Kier molecular flexibility index (Phi) is 4.62. The van der Waals surface area contributed by atoms with Crippen LogP contribution >= 0.6 is 0 Å². The molecule has 1 aromatic rings. The van der Waals surface area contributed by atoms with E-state index in [0.29, 0.717) is 25.4 Å². The standard InChI is InChI=1S/C14H22N4O3/c1-9-11(10(2)21-16-9)7-13(19)18-6-5-15-8-12(18)14(20)17(3)4/h12,15H,5-8H2,1-4H3. The highest BCUT2D eigenvalue weighted by atomic mass is 16.5. The Bertz CT molecular complexity index is 519. The molecule has 2 heterocycles. The summed E-state index contributed by atoms with van der Waals surface area (Å²) >= 11 is 0. The zero-order chi connectivity index (χ0) is 15.6. The van der Waals surface area contributed by atoms with Crippen molar-refractivity contribution in [3.05, 3.63) is 17.0 Å². The molecule has 0 aliphatic carbocycles. The number of amides is 2. The van der Waals surface area contributed by atoms with E-state index in [-0.39, 0.29) is 18.2 Å². The van der Waals surface area contributed by atoms with E-state index < -0.39 is 6.04 Å². The minimum atomic E-state index is -0.443. The first-order valence-electron chi connectivity index (χ1n) is 7.05. The highest BCUT2D eigenvalue weighted by molar-refractivity contribution is 5.88. The van der Waals surface area contributed by atoms with Crippen molar-refractivity contribution in [2.24, 2.45) is 0 Å². The fourth-order valence-electron chi connectivity index (χ4n) is 2.53. The predicted molar refractivity (Wildman–Crippen MR) is 76.7 cm³/mol. The van der Waals surface area contributed by atoms with Crippen LogP contribution in [0.4, 0.5) is 0 Å². The van der Waals surface area contributed by atoms with Gasteiger partial charge in [-0.05, 0) is 13.8 Å². The maximum Gasteiger partial charge on any atom is 0.246 e. The summed E-state index contributed by atoms with van der Waals surface area (Å²) in [6.07, 6.45) is 0.221. The summed E-state index contributed by atoms with van der Waals surface area (Å²) in [7, 11) is 3.40. The van der Waals surface area contributed by atoms with Crippen LogP contribution in [0.25, 0.3) is 0 Å². The van der Waals surface area contributed by atoms with Gasteiger partial charge in [0.15, 0.2) is 0 Å². The van der Waals surface area contributed by atoms with Gasteiger partial charge in [-0.3, -0.25) is 9.59 Å². The van der Waals surface area contributed by atoms with Crippen molar-refractivity contribution in [3.8, 4) is 0 Å². The van der Waals surface area contributed by atoms with E-state index >= 15 is 0 Å². The van der Waals surface area contributed by atoms with Crippen molar-refractivity contribution in [1.82, 2.24) is 20.3 Å². The summed E-state index contributed by atoms with van der Waals surface area (Å²) in [4.78, 5) is 28.0. The van der Waals surface area contributed by atoms with E-state index in [1.54, 1.807) is 25.9 Å². The molecular weight excluding hydrogens is 272 g/mol. The van der Waals surface area contributed by atoms with Crippen LogP contribution in [-0.2, 0) is 16.0 Å². The summed E-state index contributed by atoms with van der Waals surface area (Å²) in [5, 5.41) is 7.03. The second-order valence-electron chi connectivity index (χ2n) is 5.52. The molecule has 1 aromatic heterocycles. The van der Waals surface area contributed by atoms with E-state index in [4.69, 9.17) is 4.52 Å². The Morgan fingerprint density at radius 2 is 2.14 bits per heavy atom. The van der Waals surface area contributed by atoms with Gasteiger partial charge in [0.1, 0.15) is 11.8 Å². The number of piperazine rings is 1. The van der Waals surface area contributed by atoms with Gasteiger partial charge in [-0.2, -0.15) is 0 Å². The second kappa shape index (κ2) is 6.26. The number of aryl methyl sites for hydroxylation is 2. The summed E-state index contributed by atoms with van der Waals surface area (Å²) in [6.45, 7) is 5.34. The third-order valence-electron chi connectivity index (χ3n) is 3.80. The molecule has 7 nitrogen and oxygen atoms in total. The van der Waals surface area contributed by atoms with Crippen LogP contribution in [-0.4, -0.2) is 66.5 Å². The number of carbonyl (C=O) groups excluding carboxylic acids is 2. The largest absolute Gasteiger partial charge is 0.361 e. The van der Waals surface area contributed by atoms with Gasteiger partial charge in [0, 0.05) is 39.3 Å². The lowest BCUT2D eigenvalue weighted by molar-refractivity contribution is -0.145. The highest BCUT2D eigenvalue weighted by Crippen LogP contribution is 2.16. The van der Waals surface area contributed by atoms with Crippen molar-refractivity contribution < 1.29 is 14.1 Å². The number of nitrogens with one attached hydrogen (secondary N) is 1. The average Bonchev–Trinajstić information content (AvgIpc) is 2.78. The van der Waals surface area contributed by atoms with Crippen molar-refractivity contribution in [1.29, 1.82) is 0 Å². The molecule has 0 aromatic carbocycles. The Hall–Kier alpha value is -1.89. The molecule has 0 saturated carbocycles. The smallest absolute Gasteiger partial charge is 0.246 e. The quantitative estimate of drug-likeness (QED) is 0.830. The summed E-state index contributed by atoms with van der Waals surface area (Å²) in [5.41, 5.74) is 1.54. The second-order valence-corrected chi connectivity index (χ2v) is 5.52. The molecule has 1 N–H and O–H groups in total. The van der Waals surface area contributed by atoms with Gasteiger partial charge in [0.05, 0.1) is 12.1 Å². The number of carbonyl (C=O) groups is 2. The molecule has 2 rings (SSSR count). The van der Waals surface area contributed by atoms with Crippen molar-refractivity contribution in [3.63, 3.8) is 0 Å². The lowest BCUT2D eigenvalue weighted by atomic mass is 10.1. The first-order valence-corrected chi connectivity index (χ1v) is 7.05. The number of aromatic nitrogens is 1. The van der Waals surface area contributed by atoms with Crippen molar-refractivity contribution in [2.45, 2.75) is 26.3 Å². The molecule has 1 fully saturated rings. The molecule has 21 heavy (non-hydrogen) atoms. The Labute approximate surface area is 124 Å². The number of hydrogen-bond donors (Lipinski definition) is 1. The molecule has 2 amide bonds. The maximum atomic E-state index is 12.6. The van der Waals surface area contributed by atoms with Crippen LogP contribution in [0.1, 0.15) is 17.0 Å². The molecule has 1 aliphatic heterocycles. The molecule has 1 aliphatic rings. The van der Waals surface area contributed by atoms with Gasteiger partial charge in [0.2, 0.25) is 11.8 Å². The Balaban J connectivity index is 2.14. The Morgan fingerprint density at radius 1 is 1.43 bits per heavy atom.